The van der Waals surface area contributed by atoms with Crippen LogP contribution in [0.25, 0.3) is 0 Å². The molecule has 0 aliphatic carbocycles. The van der Waals surface area contributed by atoms with E-state index in [-0.39, 0.29) is 0 Å². The van der Waals surface area contributed by atoms with Gasteiger partial charge < -0.3 is 24.6 Å². The predicted molar refractivity (Wildman–Crippen MR) is 93.9 cm³/mol. The van der Waals surface area contributed by atoms with Gasteiger partial charge in [-0.1, -0.05) is 0 Å². The number of carboxylic acids is 1. The van der Waals surface area contributed by atoms with Crippen molar-refractivity contribution in [2.75, 3.05) is 34.0 Å². The van der Waals surface area contributed by atoms with Crippen molar-refractivity contribution in [1.82, 2.24) is 10.7 Å². The molecule has 0 aromatic heterocycles. The number of hydrazone groups is 1. The Morgan fingerprint density at radius 3 is 2.71 bits per heavy atom. The van der Waals surface area contributed by atoms with Gasteiger partial charge in [0.2, 0.25) is 0 Å². The maximum Gasteiger partial charge on any atom is 0.341 e. The summed E-state index contributed by atoms with van der Waals surface area (Å²) in [4.78, 5) is 10.6. The van der Waals surface area contributed by atoms with E-state index in [9.17, 15) is 4.79 Å². The Kier molecular flexibility index (Phi) is 8.52. The highest BCUT2D eigenvalue weighted by atomic mass is 32.1. The van der Waals surface area contributed by atoms with E-state index in [1.54, 1.807) is 32.2 Å². The second-order valence-electron chi connectivity index (χ2n) is 4.61. The zero-order chi connectivity index (χ0) is 17.9. The third kappa shape index (κ3) is 6.80. The average molecular weight is 355 g/mol. The van der Waals surface area contributed by atoms with Crippen molar-refractivity contribution in [1.29, 1.82) is 0 Å². The molecule has 1 aromatic rings. The van der Waals surface area contributed by atoms with E-state index < -0.39 is 12.6 Å². The Morgan fingerprint density at radius 1 is 1.33 bits per heavy atom. The highest BCUT2D eigenvalue weighted by Crippen LogP contribution is 2.28. The van der Waals surface area contributed by atoms with Crippen molar-refractivity contribution < 1.29 is 24.1 Å². The van der Waals surface area contributed by atoms with E-state index in [2.05, 4.69) is 15.8 Å². The van der Waals surface area contributed by atoms with Gasteiger partial charge in [0.05, 0.1) is 19.4 Å². The van der Waals surface area contributed by atoms with Crippen LogP contribution in [0.2, 0.25) is 0 Å². The molecule has 0 heterocycles. The van der Waals surface area contributed by atoms with Gasteiger partial charge in [0, 0.05) is 19.2 Å². The van der Waals surface area contributed by atoms with Gasteiger partial charge >= 0.3 is 5.97 Å². The topological polar surface area (TPSA) is 101 Å². The molecule has 9 heteroatoms. The van der Waals surface area contributed by atoms with Crippen molar-refractivity contribution in [3.63, 3.8) is 0 Å². The standard InChI is InChI=1S/C15H21N3O5S/c1-10(17-18-15(24)16-6-7-21-2)11-4-5-12(13(8-11)22-3)23-9-14(19)20/h4-5,8H,6-7,9H2,1-3H3,(H,19,20)(H2,16,18,24)/b17-10-. The molecule has 132 valence electrons. The molecular weight excluding hydrogens is 334 g/mol. The molecule has 0 aliphatic heterocycles. The molecule has 24 heavy (non-hydrogen) atoms. The maximum atomic E-state index is 10.6. The first-order chi connectivity index (χ1) is 11.5. The lowest BCUT2D eigenvalue weighted by Crippen LogP contribution is -2.34. The number of benzene rings is 1. The highest BCUT2D eigenvalue weighted by molar-refractivity contribution is 7.80. The van der Waals surface area contributed by atoms with Gasteiger partial charge in [0.1, 0.15) is 0 Å². The molecule has 0 aliphatic rings. The number of carbonyl (C=O) groups is 1. The summed E-state index contributed by atoms with van der Waals surface area (Å²) in [6.07, 6.45) is 0. The van der Waals surface area contributed by atoms with Gasteiger partial charge in [-0.2, -0.15) is 5.10 Å². The minimum atomic E-state index is -1.06. The lowest BCUT2D eigenvalue weighted by molar-refractivity contribution is -0.139. The zero-order valence-corrected chi connectivity index (χ0v) is 14.6. The Bertz CT molecular complexity index is 607. The number of ether oxygens (including phenoxy) is 3. The van der Waals surface area contributed by atoms with Gasteiger partial charge in [-0.25, -0.2) is 4.79 Å². The van der Waals surface area contributed by atoms with E-state index >= 15 is 0 Å². The molecule has 8 nitrogen and oxygen atoms in total. The molecule has 0 radical (unpaired) electrons. The maximum absolute atomic E-state index is 10.6. The molecule has 0 fully saturated rings. The second-order valence-corrected chi connectivity index (χ2v) is 5.01. The van der Waals surface area contributed by atoms with E-state index in [1.165, 1.54) is 7.11 Å². The van der Waals surface area contributed by atoms with Crippen LogP contribution in [0.4, 0.5) is 0 Å². The molecule has 0 amide bonds. The number of aliphatic carboxylic acids is 1. The van der Waals surface area contributed by atoms with Crippen LogP contribution in [-0.4, -0.2) is 55.9 Å². The molecule has 0 saturated carbocycles. The predicted octanol–water partition coefficient (Wildman–Crippen LogP) is 0.993. The Labute approximate surface area is 145 Å². The van der Waals surface area contributed by atoms with Crippen LogP contribution < -0.4 is 20.2 Å². The monoisotopic (exact) mass is 355 g/mol. The number of rotatable bonds is 9. The van der Waals surface area contributed by atoms with E-state index in [0.717, 1.165) is 5.56 Å². The third-order valence-electron chi connectivity index (χ3n) is 2.85. The summed E-state index contributed by atoms with van der Waals surface area (Å²) in [5.41, 5.74) is 4.19. The molecule has 1 aromatic carbocycles. The summed E-state index contributed by atoms with van der Waals surface area (Å²) < 4.78 is 15.3. The Morgan fingerprint density at radius 2 is 2.08 bits per heavy atom. The fraction of sp³-hybridized carbons (Fsp3) is 0.400. The second kappa shape index (κ2) is 10.4. The SMILES string of the molecule is COCCNC(=S)N/N=C(/C)c1ccc(OCC(=O)O)c(OC)c1. The van der Waals surface area contributed by atoms with E-state index in [0.29, 0.717) is 35.5 Å². The summed E-state index contributed by atoms with van der Waals surface area (Å²) in [5.74, 6) is -0.289. The van der Waals surface area contributed by atoms with Crippen LogP contribution in [0, 0.1) is 0 Å². The molecule has 3 N–H and O–H groups in total. The highest BCUT2D eigenvalue weighted by Gasteiger charge is 2.09. The first-order valence-electron chi connectivity index (χ1n) is 7.08. The lowest BCUT2D eigenvalue weighted by Gasteiger charge is -2.11. The van der Waals surface area contributed by atoms with Crippen LogP contribution in [0.5, 0.6) is 11.5 Å². The molecule has 1 rings (SSSR count). The van der Waals surface area contributed by atoms with Crippen LogP contribution in [0.3, 0.4) is 0 Å². The normalized spacial score (nSPS) is 10.9. The number of carboxylic acid groups (broad SMARTS) is 1. The summed E-state index contributed by atoms with van der Waals surface area (Å²) in [7, 11) is 3.09. The quantitative estimate of drug-likeness (QED) is 0.261. The smallest absolute Gasteiger partial charge is 0.341 e. The van der Waals surface area contributed by atoms with Crippen molar-refractivity contribution in [3.8, 4) is 11.5 Å². The third-order valence-corrected chi connectivity index (χ3v) is 3.09. The first-order valence-corrected chi connectivity index (χ1v) is 7.48. The molecule has 0 saturated heterocycles. The number of nitrogens with zero attached hydrogens (tertiary/aromatic N) is 1. The van der Waals surface area contributed by atoms with E-state index in [4.69, 9.17) is 31.5 Å². The number of nitrogens with one attached hydrogen (secondary N) is 2. The minimum absolute atomic E-state index is 0.348. The van der Waals surface area contributed by atoms with Crippen LogP contribution in [0.1, 0.15) is 12.5 Å². The summed E-state index contributed by atoms with van der Waals surface area (Å²) in [5, 5.41) is 16.2. The number of hydrogen-bond acceptors (Lipinski definition) is 6. The minimum Gasteiger partial charge on any atom is -0.493 e. The van der Waals surface area contributed by atoms with Crippen molar-refractivity contribution in [3.05, 3.63) is 23.8 Å². The Balaban J connectivity index is 2.72. The fourth-order valence-electron chi connectivity index (χ4n) is 1.66. The first kappa shape index (κ1) is 19.7. The fourth-order valence-corrected chi connectivity index (χ4v) is 1.80. The van der Waals surface area contributed by atoms with Crippen molar-refractivity contribution in [2.24, 2.45) is 5.10 Å². The van der Waals surface area contributed by atoms with Crippen LogP contribution in [0.15, 0.2) is 23.3 Å². The molecule has 0 atom stereocenters. The summed E-state index contributed by atoms with van der Waals surface area (Å²) >= 11 is 5.08. The largest absolute Gasteiger partial charge is 0.493 e. The molecule has 0 spiro atoms. The lowest BCUT2D eigenvalue weighted by atomic mass is 10.1. The van der Waals surface area contributed by atoms with E-state index in [1.807, 2.05) is 0 Å². The van der Waals surface area contributed by atoms with Crippen molar-refractivity contribution in [2.45, 2.75) is 6.92 Å². The number of hydrogen-bond donors (Lipinski definition) is 3. The van der Waals surface area contributed by atoms with Crippen molar-refractivity contribution >= 4 is 29.0 Å². The average Bonchev–Trinajstić information content (AvgIpc) is 2.57. The van der Waals surface area contributed by atoms with Gasteiger partial charge in [0.15, 0.2) is 23.2 Å². The van der Waals surface area contributed by atoms with Gasteiger partial charge in [-0.3, -0.25) is 5.43 Å². The van der Waals surface area contributed by atoms with Gasteiger partial charge in [0.25, 0.3) is 0 Å². The molecule has 0 bridgehead atoms. The van der Waals surface area contributed by atoms with Gasteiger partial charge in [-0.15, -0.1) is 0 Å². The summed E-state index contributed by atoms with van der Waals surface area (Å²) in [6, 6.07) is 5.09. The number of methoxy groups -OCH3 is 2. The zero-order valence-electron chi connectivity index (χ0n) is 13.8. The molecular formula is C15H21N3O5S. The Hall–Kier alpha value is -2.39. The number of thiocarbonyl (C=S) groups is 1. The van der Waals surface area contributed by atoms with Crippen LogP contribution >= 0.6 is 12.2 Å². The van der Waals surface area contributed by atoms with Gasteiger partial charge in [-0.05, 0) is 37.3 Å². The van der Waals surface area contributed by atoms with Crippen LogP contribution in [-0.2, 0) is 9.53 Å². The summed E-state index contributed by atoms with van der Waals surface area (Å²) in [6.45, 7) is 2.49. The molecule has 0 unspecified atom stereocenters.